The number of aromatic nitrogens is 2. The summed E-state index contributed by atoms with van der Waals surface area (Å²) in [5, 5.41) is 10.9. The number of aryl methyl sites for hydroxylation is 1. The number of hydrogen-bond donors (Lipinski definition) is 0. The smallest absolute Gasteiger partial charge is 0.490 e. The van der Waals surface area contributed by atoms with Gasteiger partial charge in [0.05, 0.1) is 0 Å². The van der Waals surface area contributed by atoms with Crippen molar-refractivity contribution in [1.82, 2.24) is 14.5 Å². The number of hydrogen-bond acceptors (Lipinski definition) is 9. The Balaban J connectivity index is 0.899. The van der Waals surface area contributed by atoms with Crippen LogP contribution in [0.25, 0.3) is 0 Å². The van der Waals surface area contributed by atoms with E-state index in [2.05, 4.69) is 14.6 Å². The fourth-order valence-electron chi connectivity index (χ4n) is 5.28. The predicted octanol–water partition coefficient (Wildman–Crippen LogP) is 6.76. The van der Waals surface area contributed by atoms with Crippen LogP contribution < -0.4 is 23.7 Å². The molecule has 46 heavy (non-hydrogen) atoms. The second-order valence-electron chi connectivity index (χ2n) is 11.0. The van der Waals surface area contributed by atoms with Gasteiger partial charge in [0.1, 0.15) is 53.8 Å². The molecule has 0 N–H and O–H groups in total. The Labute approximate surface area is 262 Å². The minimum absolute atomic E-state index is 0.107. The monoisotopic (exact) mass is 640 g/mol. The number of fused-ring (bicyclic) bond motifs is 1. The minimum Gasteiger partial charge on any atom is -0.490 e. The van der Waals surface area contributed by atoms with E-state index in [1.54, 1.807) is 4.57 Å². The Morgan fingerprint density at radius 1 is 0.848 bits per heavy atom. The number of ether oxygens (including phenoxy) is 5. The van der Waals surface area contributed by atoms with Gasteiger partial charge in [0.25, 0.3) is 0 Å². The van der Waals surface area contributed by atoms with Crippen LogP contribution >= 0.6 is 0 Å². The molecule has 0 saturated carbocycles. The number of likely N-dealkylation sites (tertiary alicyclic amines) is 1. The molecule has 0 amide bonds. The van der Waals surface area contributed by atoms with Gasteiger partial charge in [-0.25, -0.2) is 0 Å². The maximum atomic E-state index is 12.3. The quantitative estimate of drug-likeness (QED) is 0.130. The third-order valence-corrected chi connectivity index (χ3v) is 7.60. The van der Waals surface area contributed by atoms with Crippen molar-refractivity contribution in [1.29, 1.82) is 0 Å². The Morgan fingerprint density at radius 3 is 2.11 bits per heavy atom. The lowest BCUT2D eigenvalue weighted by Crippen LogP contribution is -2.37. The first-order valence-electron chi connectivity index (χ1n) is 14.8. The summed E-state index contributed by atoms with van der Waals surface area (Å²) in [5.41, 5.74) is 1.13. The number of rotatable bonds is 11. The lowest BCUT2D eigenvalue weighted by Gasteiger charge is -2.32. The van der Waals surface area contributed by atoms with Crippen molar-refractivity contribution >= 4 is 5.82 Å². The van der Waals surface area contributed by atoms with Gasteiger partial charge in [-0.05, 0) is 84.0 Å². The van der Waals surface area contributed by atoms with E-state index in [1.807, 2.05) is 48.5 Å². The van der Waals surface area contributed by atoms with E-state index in [0.29, 0.717) is 36.8 Å². The van der Waals surface area contributed by atoms with Gasteiger partial charge in [-0.15, -0.1) is 13.2 Å². The summed E-state index contributed by atoms with van der Waals surface area (Å²) in [6.45, 7) is 3.43. The van der Waals surface area contributed by atoms with Crippen molar-refractivity contribution in [3.05, 3.63) is 94.7 Å². The normalized spacial score (nSPS) is 17.1. The molecule has 3 aromatic carbocycles. The summed E-state index contributed by atoms with van der Waals surface area (Å²) in [4.78, 5) is 16.7. The summed E-state index contributed by atoms with van der Waals surface area (Å²) < 4.78 is 66.1. The van der Waals surface area contributed by atoms with E-state index in [4.69, 9.17) is 18.9 Å². The van der Waals surface area contributed by atoms with Gasteiger partial charge in [0.2, 0.25) is 0 Å². The van der Waals surface area contributed by atoms with Crippen molar-refractivity contribution in [3.63, 3.8) is 0 Å². The van der Waals surface area contributed by atoms with Gasteiger partial charge in [-0.3, -0.25) is 9.47 Å². The van der Waals surface area contributed by atoms with Crippen molar-refractivity contribution in [2.75, 3.05) is 19.7 Å². The highest BCUT2D eigenvalue weighted by Crippen LogP contribution is 2.29. The zero-order chi connectivity index (χ0) is 32.1. The fraction of sp³-hybridized carbons (Fsp3) is 0.344. The largest absolute Gasteiger partial charge is 0.573 e. The third kappa shape index (κ3) is 8.38. The van der Waals surface area contributed by atoms with E-state index >= 15 is 0 Å². The van der Waals surface area contributed by atoms with Gasteiger partial charge >= 0.3 is 18.2 Å². The zero-order valence-corrected chi connectivity index (χ0v) is 24.6. The highest BCUT2D eigenvalue weighted by atomic mass is 19.4. The molecule has 0 radical (unpaired) electrons. The molecule has 242 valence electrons. The van der Waals surface area contributed by atoms with Gasteiger partial charge in [-0.1, -0.05) is 12.1 Å². The molecule has 4 aromatic rings. The van der Waals surface area contributed by atoms with Crippen LogP contribution in [0.5, 0.6) is 34.8 Å². The van der Waals surface area contributed by atoms with Crippen molar-refractivity contribution < 1.29 is 41.8 Å². The molecule has 11 nitrogen and oxygen atoms in total. The molecule has 1 aromatic heterocycles. The van der Waals surface area contributed by atoms with E-state index in [-0.39, 0.29) is 29.8 Å². The first-order valence-corrected chi connectivity index (χ1v) is 14.8. The van der Waals surface area contributed by atoms with E-state index in [0.717, 1.165) is 43.8 Å². The van der Waals surface area contributed by atoms with Crippen LogP contribution in [0.15, 0.2) is 79.0 Å². The van der Waals surface area contributed by atoms with Gasteiger partial charge in [-0.2, -0.15) is 0 Å². The first-order chi connectivity index (χ1) is 22.1. The predicted molar refractivity (Wildman–Crippen MR) is 158 cm³/mol. The summed E-state index contributed by atoms with van der Waals surface area (Å²) in [5.74, 6) is 1.91. The molecule has 1 saturated heterocycles. The molecule has 6 rings (SSSR count). The van der Waals surface area contributed by atoms with Gasteiger partial charge in [0.15, 0.2) is 0 Å². The average Bonchev–Trinajstić information content (AvgIpc) is 3.47. The maximum Gasteiger partial charge on any atom is 0.573 e. The number of piperidine rings is 1. The fourth-order valence-corrected chi connectivity index (χ4v) is 5.28. The highest BCUT2D eigenvalue weighted by Gasteiger charge is 2.31. The van der Waals surface area contributed by atoms with E-state index in [1.165, 1.54) is 30.5 Å². The summed E-state index contributed by atoms with van der Waals surface area (Å²) in [6.07, 6.45) is -1.07. The van der Waals surface area contributed by atoms with Crippen LogP contribution in [0.3, 0.4) is 0 Å². The van der Waals surface area contributed by atoms with Crippen LogP contribution in [0.2, 0.25) is 0 Å². The van der Waals surface area contributed by atoms with Crippen LogP contribution in [0, 0.1) is 10.1 Å². The molecule has 1 fully saturated rings. The molecule has 3 heterocycles. The molecule has 1 unspecified atom stereocenters. The molecule has 2 aliphatic heterocycles. The second-order valence-corrected chi connectivity index (χ2v) is 11.0. The Bertz CT molecular complexity index is 1600. The molecular formula is C32H31F3N4O7. The van der Waals surface area contributed by atoms with Gasteiger partial charge < -0.3 is 33.8 Å². The van der Waals surface area contributed by atoms with Crippen molar-refractivity contribution in [2.45, 2.75) is 50.9 Å². The number of nitro groups is 1. The Morgan fingerprint density at radius 2 is 1.46 bits per heavy atom. The molecule has 1 atom stereocenters. The number of alkyl halides is 3. The summed E-state index contributed by atoms with van der Waals surface area (Å²) in [7, 11) is 0. The van der Waals surface area contributed by atoms with Crippen LogP contribution in [-0.2, 0) is 13.1 Å². The van der Waals surface area contributed by atoms with Crippen molar-refractivity contribution in [3.8, 4) is 34.8 Å². The third-order valence-electron chi connectivity index (χ3n) is 7.60. The molecule has 0 aliphatic carbocycles. The lowest BCUT2D eigenvalue weighted by atomic mass is 10.1. The average molecular weight is 641 g/mol. The topological polar surface area (TPSA) is 110 Å². The van der Waals surface area contributed by atoms with E-state index in [9.17, 15) is 23.3 Å². The van der Waals surface area contributed by atoms with Gasteiger partial charge in [0, 0.05) is 37.6 Å². The highest BCUT2D eigenvalue weighted by molar-refractivity contribution is 5.36. The molecular weight excluding hydrogens is 609 g/mol. The zero-order valence-electron chi connectivity index (χ0n) is 24.6. The number of nitrogens with zero attached hydrogens (tertiary/aromatic N) is 4. The SMILES string of the molecule is O=[N+]([O-])c1cn2c(n1)OC(COc1ccc(OC3CCN(Cc4ccc(Oc5ccc(OC(F)(F)F)cc5)cc4)CC3)cc1)CC2. The minimum atomic E-state index is -4.73. The lowest BCUT2D eigenvalue weighted by molar-refractivity contribution is -0.389. The van der Waals surface area contributed by atoms with Crippen LogP contribution in [0.4, 0.5) is 19.0 Å². The number of benzene rings is 3. The van der Waals surface area contributed by atoms with Crippen LogP contribution in [-0.4, -0.2) is 57.6 Å². The van der Waals surface area contributed by atoms with E-state index < -0.39 is 11.3 Å². The molecule has 2 aliphatic rings. The Kier molecular flexibility index (Phi) is 9.15. The molecule has 14 heteroatoms. The summed E-state index contributed by atoms with van der Waals surface area (Å²) >= 11 is 0. The maximum absolute atomic E-state index is 12.3. The molecule has 0 bridgehead atoms. The first kappa shape index (κ1) is 31.0. The standard InChI is InChI=1S/C32H31F3N4O7/c33-32(34,35)46-28-11-9-26(10-12-28)43-24-3-1-22(2-4-24)19-37-16-13-27(14-17-37)44-25-7-5-23(6-8-25)42-21-29-15-18-38-20-30(39(40)41)36-31(38)45-29/h1-12,20,27,29H,13-19,21H2. The number of imidazole rings is 1. The second kappa shape index (κ2) is 13.6. The molecule has 0 spiro atoms. The Hall–Kier alpha value is -4.98. The summed E-state index contributed by atoms with van der Waals surface area (Å²) in [6, 6.07) is 20.6. The van der Waals surface area contributed by atoms with Crippen molar-refractivity contribution in [2.24, 2.45) is 0 Å². The number of halogens is 3. The van der Waals surface area contributed by atoms with Crippen LogP contribution in [0.1, 0.15) is 24.8 Å².